The van der Waals surface area contributed by atoms with E-state index in [-0.39, 0.29) is 23.4 Å². The number of morpholine rings is 2. The number of hydrogen-bond acceptors (Lipinski definition) is 9. The third kappa shape index (κ3) is 3.47. The fraction of sp³-hybridized carbons (Fsp3) is 0.720. The van der Waals surface area contributed by atoms with E-state index in [4.69, 9.17) is 24.4 Å². The lowest BCUT2D eigenvalue weighted by Crippen LogP contribution is -2.50. The second-order valence-corrected chi connectivity index (χ2v) is 13.4. The Morgan fingerprint density at radius 2 is 1.83 bits per heavy atom. The van der Waals surface area contributed by atoms with Gasteiger partial charge in [-0.25, -0.2) is 13.4 Å². The molecule has 7 rings (SSSR count). The molecule has 2 saturated heterocycles. The van der Waals surface area contributed by atoms with Crippen molar-refractivity contribution in [3.8, 4) is 0 Å². The molecule has 2 aliphatic heterocycles. The van der Waals surface area contributed by atoms with Gasteiger partial charge >= 0.3 is 0 Å². The van der Waals surface area contributed by atoms with Crippen molar-refractivity contribution >= 4 is 32.6 Å². The summed E-state index contributed by atoms with van der Waals surface area (Å²) in [6.07, 6.45) is 6.40. The Bertz CT molecular complexity index is 1260. The first kappa shape index (κ1) is 22.2. The van der Waals surface area contributed by atoms with Crippen LogP contribution in [-0.4, -0.2) is 79.7 Å². The van der Waals surface area contributed by atoms with Gasteiger partial charge in [0.05, 0.1) is 54.3 Å². The molecule has 0 bridgehead atoms. The molecule has 10 heteroatoms. The summed E-state index contributed by atoms with van der Waals surface area (Å²) in [7, 11) is -3.22. The van der Waals surface area contributed by atoms with E-state index in [1.165, 1.54) is 0 Å². The molecule has 0 amide bonds. The van der Waals surface area contributed by atoms with Crippen LogP contribution in [-0.2, 0) is 24.1 Å². The van der Waals surface area contributed by atoms with Gasteiger partial charge in [-0.05, 0) is 64.0 Å². The molecule has 0 aromatic carbocycles. The number of anilines is 2. The summed E-state index contributed by atoms with van der Waals surface area (Å²) in [6.45, 7) is 5.63. The lowest BCUT2D eigenvalue weighted by atomic mass is 10.1. The standard InChI is InChI=1S/C25H33N5O4S/c1-16-15-33-13-11-29(16)23-18-7-8-21(25(9-10-25)35(31,32)17-5-6-17)26-22(18)27-24(28-23)30-12-14-34-20-4-2-3-19(20)30/h7-8,16-17,19-20H,2-6,9-15H2,1H3/t16-,19-,20+/m0/s1. The van der Waals surface area contributed by atoms with E-state index in [0.717, 1.165) is 56.4 Å². The summed E-state index contributed by atoms with van der Waals surface area (Å²) < 4.78 is 37.5. The predicted molar refractivity (Wildman–Crippen MR) is 133 cm³/mol. The minimum Gasteiger partial charge on any atom is -0.377 e. The van der Waals surface area contributed by atoms with Crippen LogP contribution in [0.25, 0.3) is 11.0 Å². The van der Waals surface area contributed by atoms with Gasteiger partial charge in [-0.1, -0.05) is 0 Å². The van der Waals surface area contributed by atoms with Crippen molar-refractivity contribution in [2.75, 3.05) is 42.7 Å². The van der Waals surface area contributed by atoms with Crippen molar-refractivity contribution < 1.29 is 17.9 Å². The Balaban J connectivity index is 1.36. The minimum atomic E-state index is -3.22. The summed E-state index contributed by atoms with van der Waals surface area (Å²) >= 11 is 0. The van der Waals surface area contributed by atoms with E-state index in [1.54, 1.807) is 0 Å². The third-order valence-corrected chi connectivity index (χ3v) is 11.6. The quantitative estimate of drug-likeness (QED) is 0.615. The molecular formula is C25H33N5O4S. The van der Waals surface area contributed by atoms with E-state index < -0.39 is 14.6 Å². The summed E-state index contributed by atoms with van der Waals surface area (Å²) in [5, 5.41) is 0.683. The van der Waals surface area contributed by atoms with Crippen molar-refractivity contribution in [3.63, 3.8) is 0 Å². The number of fused-ring (bicyclic) bond motifs is 2. The zero-order chi connectivity index (χ0) is 23.8. The van der Waals surface area contributed by atoms with Gasteiger partial charge in [0.15, 0.2) is 15.5 Å². The molecule has 35 heavy (non-hydrogen) atoms. The molecule has 5 fully saturated rings. The number of sulfone groups is 1. The Labute approximate surface area is 206 Å². The summed E-state index contributed by atoms with van der Waals surface area (Å²) in [5.74, 6) is 1.56. The fourth-order valence-corrected chi connectivity index (χ4v) is 8.77. The second-order valence-electron chi connectivity index (χ2n) is 10.9. The third-order valence-electron chi connectivity index (χ3n) is 8.59. The molecular weight excluding hydrogens is 466 g/mol. The van der Waals surface area contributed by atoms with Gasteiger partial charge in [0, 0.05) is 13.1 Å². The van der Waals surface area contributed by atoms with E-state index in [9.17, 15) is 8.42 Å². The highest BCUT2D eigenvalue weighted by Crippen LogP contribution is 2.57. The average molecular weight is 500 g/mol. The molecule has 4 heterocycles. The molecule has 0 N–H and O–H groups in total. The van der Waals surface area contributed by atoms with E-state index >= 15 is 0 Å². The Hall–Kier alpha value is -2.04. The average Bonchev–Trinajstić information content (AvgIpc) is 3.80. The van der Waals surface area contributed by atoms with Crippen LogP contribution in [0.1, 0.15) is 57.6 Å². The van der Waals surface area contributed by atoms with Crippen LogP contribution in [0.2, 0.25) is 0 Å². The molecule has 3 aliphatic carbocycles. The summed E-state index contributed by atoms with van der Waals surface area (Å²) in [4.78, 5) is 19.7. The molecule has 0 radical (unpaired) electrons. The van der Waals surface area contributed by atoms with Crippen molar-refractivity contribution in [3.05, 3.63) is 17.8 Å². The van der Waals surface area contributed by atoms with Gasteiger partial charge in [-0.2, -0.15) is 9.97 Å². The maximum Gasteiger partial charge on any atom is 0.229 e. The number of aromatic nitrogens is 3. The lowest BCUT2D eigenvalue weighted by Gasteiger charge is -2.39. The van der Waals surface area contributed by atoms with E-state index in [2.05, 4.69) is 16.7 Å². The molecule has 2 aromatic heterocycles. The minimum absolute atomic E-state index is 0.184. The summed E-state index contributed by atoms with van der Waals surface area (Å²) in [5.41, 5.74) is 1.25. The second kappa shape index (κ2) is 7.98. The number of nitrogens with zero attached hydrogens (tertiary/aromatic N) is 5. The first-order valence-corrected chi connectivity index (χ1v) is 14.7. The van der Waals surface area contributed by atoms with E-state index in [0.29, 0.717) is 50.0 Å². The number of hydrogen-bond donors (Lipinski definition) is 0. The highest BCUT2D eigenvalue weighted by atomic mass is 32.2. The SMILES string of the molecule is C[C@H]1COCCN1c1nc(N2CCO[C@@H]3CCC[C@@H]32)nc2nc(C3(S(=O)(=O)C4CC4)CC3)ccc12. The summed E-state index contributed by atoms with van der Waals surface area (Å²) in [6, 6.07) is 4.38. The topological polar surface area (TPSA) is 97.8 Å². The predicted octanol–water partition coefficient (Wildman–Crippen LogP) is 2.57. The van der Waals surface area contributed by atoms with Crippen LogP contribution in [0.5, 0.6) is 0 Å². The first-order chi connectivity index (χ1) is 17.0. The maximum absolute atomic E-state index is 13.3. The highest BCUT2D eigenvalue weighted by molar-refractivity contribution is 7.93. The number of rotatable bonds is 5. The van der Waals surface area contributed by atoms with Gasteiger partial charge in [-0.15, -0.1) is 0 Å². The van der Waals surface area contributed by atoms with Gasteiger partial charge < -0.3 is 19.3 Å². The molecule has 2 aromatic rings. The fourth-order valence-electron chi connectivity index (χ4n) is 6.30. The van der Waals surface area contributed by atoms with Crippen LogP contribution in [0, 0.1) is 0 Å². The molecule has 3 saturated carbocycles. The van der Waals surface area contributed by atoms with Gasteiger partial charge in [-0.3, -0.25) is 0 Å². The highest BCUT2D eigenvalue weighted by Gasteiger charge is 2.61. The zero-order valence-corrected chi connectivity index (χ0v) is 21.0. The molecule has 0 spiro atoms. The van der Waals surface area contributed by atoms with Crippen LogP contribution < -0.4 is 9.80 Å². The smallest absolute Gasteiger partial charge is 0.229 e. The molecule has 5 aliphatic rings. The zero-order valence-electron chi connectivity index (χ0n) is 20.2. The Morgan fingerprint density at radius 1 is 1.00 bits per heavy atom. The van der Waals surface area contributed by atoms with Crippen LogP contribution in [0.15, 0.2) is 12.1 Å². The van der Waals surface area contributed by atoms with Crippen LogP contribution in [0.3, 0.4) is 0 Å². The largest absolute Gasteiger partial charge is 0.377 e. The first-order valence-electron chi connectivity index (χ1n) is 13.1. The number of pyridine rings is 1. The Morgan fingerprint density at radius 3 is 2.60 bits per heavy atom. The van der Waals surface area contributed by atoms with Crippen molar-refractivity contribution in [1.29, 1.82) is 0 Å². The maximum atomic E-state index is 13.3. The normalized spacial score (nSPS) is 30.5. The molecule has 0 unspecified atom stereocenters. The molecule has 9 nitrogen and oxygen atoms in total. The van der Waals surface area contributed by atoms with Crippen LogP contribution in [0.4, 0.5) is 11.8 Å². The van der Waals surface area contributed by atoms with Crippen molar-refractivity contribution in [2.24, 2.45) is 0 Å². The van der Waals surface area contributed by atoms with Crippen molar-refractivity contribution in [2.45, 2.75) is 80.1 Å². The van der Waals surface area contributed by atoms with E-state index in [1.807, 2.05) is 12.1 Å². The lowest BCUT2D eigenvalue weighted by molar-refractivity contribution is 0.0250. The van der Waals surface area contributed by atoms with Gasteiger partial charge in [0.1, 0.15) is 10.6 Å². The Kier molecular flexibility index (Phi) is 5.06. The van der Waals surface area contributed by atoms with Gasteiger partial charge in [0.2, 0.25) is 5.95 Å². The monoisotopic (exact) mass is 499 g/mol. The van der Waals surface area contributed by atoms with Crippen LogP contribution >= 0.6 is 0 Å². The number of ether oxygens (including phenoxy) is 2. The van der Waals surface area contributed by atoms with Crippen molar-refractivity contribution in [1.82, 2.24) is 15.0 Å². The molecule has 188 valence electrons. The molecule has 3 atom stereocenters. The van der Waals surface area contributed by atoms with Gasteiger partial charge in [0.25, 0.3) is 0 Å².